The number of thiocarbonyl (C=S) groups is 1. The molecule has 1 aromatic rings. The van der Waals surface area contributed by atoms with Crippen molar-refractivity contribution in [3.8, 4) is 5.75 Å². The Labute approximate surface area is 114 Å². The number of halogens is 1. The van der Waals surface area contributed by atoms with Crippen LogP contribution in [0.1, 0.15) is 5.56 Å². The minimum atomic E-state index is 0.131. The standard InChI is InChI=1S/C11H12BrN3OS/c1-2-5-16-10-4-3-8(6-9(10)12)7-14-15-11(13)17/h2-4,6-7H,1,5H2,(H3,13,15,17)/b14-7-. The van der Waals surface area contributed by atoms with Gasteiger partial charge in [-0.15, -0.1) is 0 Å². The van der Waals surface area contributed by atoms with E-state index in [4.69, 9.17) is 10.5 Å². The SMILES string of the molecule is C=CCOc1ccc(/C=N\NC(N)=S)cc1Br. The van der Waals surface area contributed by atoms with Crippen LogP contribution in [-0.2, 0) is 0 Å². The summed E-state index contributed by atoms with van der Waals surface area (Å²) in [5.74, 6) is 0.754. The second kappa shape index (κ2) is 7.03. The molecule has 0 aliphatic heterocycles. The molecule has 0 radical (unpaired) electrons. The first-order valence-electron chi connectivity index (χ1n) is 4.75. The molecule has 0 unspecified atom stereocenters. The first-order valence-corrected chi connectivity index (χ1v) is 5.95. The lowest BCUT2D eigenvalue weighted by atomic mass is 10.2. The van der Waals surface area contributed by atoms with Crippen LogP contribution in [0.15, 0.2) is 40.4 Å². The average Bonchev–Trinajstić information content (AvgIpc) is 2.27. The van der Waals surface area contributed by atoms with Gasteiger partial charge in [-0.25, -0.2) is 0 Å². The molecule has 1 aromatic carbocycles. The van der Waals surface area contributed by atoms with Crippen molar-refractivity contribution in [2.75, 3.05) is 6.61 Å². The van der Waals surface area contributed by atoms with Crippen molar-refractivity contribution in [3.05, 3.63) is 40.9 Å². The average molecular weight is 314 g/mol. The smallest absolute Gasteiger partial charge is 0.184 e. The van der Waals surface area contributed by atoms with Gasteiger partial charge in [-0.3, -0.25) is 5.43 Å². The number of benzene rings is 1. The van der Waals surface area contributed by atoms with Crippen LogP contribution in [0.25, 0.3) is 0 Å². The maximum Gasteiger partial charge on any atom is 0.184 e. The van der Waals surface area contributed by atoms with Crippen molar-refractivity contribution < 1.29 is 4.74 Å². The maximum absolute atomic E-state index is 5.42. The zero-order valence-corrected chi connectivity index (χ0v) is 11.4. The van der Waals surface area contributed by atoms with Crippen LogP contribution < -0.4 is 15.9 Å². The number of rotatable bonds is 5. The van der Waals surface area contributed by atoms with Gasteiger partial charge in [-0.05, 0) is 51.9 Å². The third-order valence-electron chi connectivity index (χ3n) is 1.70. The molecule has 90 valence electrons. The van der Waals surface area contributed by atoms with Gasteiger partial charge in [-0.2, -0.15) is 5.10 Å². The predicted octanol–water partition coefficient (Wildman–Crippen LogP) is 2.18. The van der Waals surface area contributed by atoms with E-state index in [0.717, 1.165) is 15.8 Å². The molecule has 0 saturated heterocycles. The lowest BCUT2D eigenvalue weighted by Crippen LogP contribution is -2.23. The van der Waals surface area contributed by atoms with Gasteiger partial charge in [0.1, 0.15) is 12.4 Å². The third-order valence-corrected chi connectivity index (χ3v) is 2.41. The van der Waals surface area contributed by atoms with Gasteiger partial charge in [0.25, 0.3) is 0 Å². The zero-order valence-electron chi connectivity index (χ0n) is 9.02. The molecule has 0 fully saturated rings. The minimum Gasteiger partial charge on any atom is -0.488 e. The molecule has 0 aliphatic carbocycles. The van der Waals surface area contributed by atoms with Crippen molar-refractivity contribution in [1.82, 2.24) is 5.43 Å². The van der Waals surface area contributed by atoms with Gasteiger partial charge in [0.05, 0.1) is 10.7 Å². The molecule has 4 nitrogen and oxygen atoms in total. The largest absolute Gasteiger partial charge is 0.488 e. The molecule has 0 atom stereocenters. The van der Waals surface area contributed by atoms with E-state index in [1.165, 1.54) is 0 Å². The fourth-order valence-electron chi connectivity index (χ4n) is 1.03. The lowest BCUT2D eigenvalue weighted by molar-refractivity contribution is 0.361. The van der Waals surface area contributed by atoms with Crippen LogP contribution in [-0.4, -0.2) is 17.9 Å². The number of nitrogens with one attached hydrogen (secondary N) is 1. The van der Waals surface area contributed by atoms with Crippen LogP contribution in [0.2, 0.25) is 0 Å². The Hall–Kier alpha value is -1.40. The second-order valence-corrected chi connectivity index (χ2v) is 4.32. The molecular weight excluding hydrogens is 302 g/mol. The predicted molar refractivity (Wildman–Crippen MR) is 77.3 cm³/mol. The highest BCUT2D eigenvalue weighted by Crippen LogP contribution is 2.25. The van der Waals surface area contributed by atoms with Gasteiger partial charge < -0.3 is 10.5 Å². The molecule has 0 bridgehead atoms. The monoisotopic (exact) mass is 313 g/mol. The lowest BCUT2D eigenvalue weighted by Gasteiger charge is -2.06. The number of nitrogens with two attached hydrogens (primary N) is 1. The van der Waals surface area contributed by atoms with Crippen LogP contribution in [0, 0.1) is 0 Å². The Morgan fingerprint density at radius 3 is 3.00 bits per heavy atom. The molecule has 3 N–H and O–H groups in total. The van der Waals surface area contributed by atoms with Crippen molar-refractivity contribution in [3.63, 3.8) is 0 Å². The fraction of sp³-hybridized carbons (Fsp3) is 0.0909. The topological polar surface area (TPSA) is 59.6 Å². The summed E-state index contributed by atoms with van der Waals surface area (Å²) in [7, 11) is 0. The van der Waals surface area contributed by atoms with Crippen LogP contribution in [0.3, 0.4) is 0 Å². The normalized spacial score (nSPS) is 10.2. The number of hydrazone groups is 1. The molecule has 17 heavy (non-hydrogen) atoms. The van der Waals surface area contributed by atoms with Gasteiger partial charge in [0.15, 0.2) is 5.11 Å². The summed E-state index contributed by atoms with van der Waals surface area (Å²) in [6.45, 7) is 4.05. The summed E-state index contributed by atoms with van der Waals surface area (Å²) in [5.41, 5.74) is 8.61. The summed E-state index contributed by atoms with van der Waals surface area (Å²) < 4.78 is 6.26. The van der Waals surface area contributed by atoms with Crippen molar-refractivity contribution in [2.45, 2.75) is 0 Å². The summed E-state index contributed by atoms with van der Waals surface area (Å²) in [4.78, 5) is 0. The molecule has 0 spiro atoms. The van der Waals surface area contributed by atoms with Gasteiger partial charge in [0, 0.05) is 0 Å². The van der Waals surface area contributed by atoms with Gasteiger partial charge in [0.2, 0.25) is 0 Å². The molecular formula is C11H12BrN3OS. The molecule has 6 heteroatoms. The number of hydrogen-bond donors (Lipinski definition) is 2. The Bertz CT molecular complexity index is 448. The molecule has 0 aliphatic rings. The van der Waals surface area contributed by atoms with Crippen LogP contribution in [0.4, 0.5) is 0 Å². The summed E-state index contributed by atoms with van der Waals surface area (Å²) >= 11 is 8.03. The van der Waals surface area contributed by atoms with Gasteiger partial charge >= 0.3 is 0 Å². The van der Waals surface area contributed by atoms with E-state index >= 15 is 0 Å². The highest BCUT2D eigenvalue weighted by Gasteiger charge is 2.00. The van der Waals surface area contributed by atoms with E-state index in [0.29, 0.717) is 6.61 Å². The second-order valence-electron chi connectivity index (χ2n) is 3.02. The van der Waals surface area contributed by atoms with Crippen molar-refractivity contribution in [1.29, 1.82) is 0 Å². The number of hydrogen-bond acceptors (Lipinski definition) is 3. The number of ether oxygens (including phenoxy) is 1. The van der Waals surface area contributed by atoms with Crippen molar-refractivity contribution >= 4 is 39.5 Å². The minimum absolute atomic E-state index is 0.131. The summed E-state index contributed by atoms with van der Waals surface area (Å²) in [6.07, 6.45) is 3.30. The molecule has 0 saturated carbocycles. The summed E-state index contributed by atoms with van der Waals surface area (Å²) in [6, 6.07) is 5.59. The first-order chi connectivity index (χ1) is 8.13. The molecule has 0 aromatic heterocycles. The number of nitrogens with zero attached hydrogens (tertiary/aromatic N) is 1. The molecule has 1 rings (SSSR count). The van der Waals surface area contributed by atoms with E-state index in [1.807, 2.05) is 18.2 Å². The van der Waals surface area contributed by atoms with Crippen molar-refractivity contribution in [2.24, 2.45) is 10.8 Å². The van der Waals surface area contributed by atoms with E-state index in [-0.39, 0.29) is 5.11 Å². The van der Waals surface area contributed by atoms with E-state index in [9.17, 15) is 0 Å². The van der Waals surface area contributed by atoms with Crippen LogP contribution >= 0.6 is 28.1 Å². The highest BCUT2D eigenvalue weighted by molar-refractivity contribution is 9.10. The first kappa shape index (κ1) is 13.7. The Morgan fingerprint density at radius 2 is 2.41 bits per heavy atom. The quantitative estimate of drug-likeness (QED) is 0.378. The fourth-order valence-corrected chi connectivity index (χ4v) is 1.60. The highest BCUT2D eigenvalue weighted by atomic mass is 79.9. The van der Waals surface area contributed by atoms with E-state index < -0.39 is 0 Å². The Balaban J connectivity index is 2.71. The summed E-state index contributed by atoms with van der Waals surface area (Å²) in [5, 5.41) is 3.99. The zero-order chi connectivity index (χ0) is 12.7. The Kier molecular flexibility index (Phi) is 5.65. The molecule has 0 heterocycles. The Morgan fingerprint density at radius 1 is 1.65 bits per heavy atom. The van der Waals surface area contributed by atoms with Crippen LogP contribution in [0.5, 0.6) is 5.75 Å². The van der Waals surface area contributed by atoms with Gasteiger partial charge in [-0.1, -0.05) is 12.7 Å². The van der Waals surface area contributed by atoms with E-state index in [1.54, 1.807) is 12.3 Å². The van der Waals surface area contributed by atoms with E-state index in [2.05, 4.69) is 45.3 Å². The molecule has 0 amide bonds. The third kappa shape index (κ3) is 4.97. The maximum atomic E-state index is 5.42.